The molecule has 0 atom stereocenters. The quantitative estimate of drug-likeness (QED) is 0.830. The first-order chi connectivity index (χ1) is 7.79. The maximum absolute atomic E-state index is 3.48. The number of para-hydroxylation sites is 1. The lowest BCUT2D eigenvalue weighted by atomic mass is 10.2. The van der Waals surface area contributed by atoms with Gasteiger partial charge >= 0.3 is 0 Å². The lowest BCUT2D eigenvalue weighted by Crippen LogP contribution is -1.98. The minimum absolute atomic E-state index is 0.926. The van der Waals surface area contributed by atoms with Crippen molar-refractivity contribution in [1.82, 2.24) is 0 Å². The fourth-order valence-corrected chi connectivity index (χ4v) is 2.56. The summed E-state index contributed by atoms with van der Waals surface area (Å²) in [5.41, 5.74) is 2.53. The lowest BCUT2D eigenvalue weighted by Gasteiger charge is -2.07. The van der Waals surface area contributed by atoms with Crippen molar-refractivity contribution in [2.45, 2.75) is 26.8 Å². The van der Waals surface area contributed by atoms with Crippen molar-refractivity contribution < 1.29 is 0 Å². The zero-order chi connectivity index (χ0) is 11.4. The Kier molecular flexibility index (Phi) is 3.62. The van der Waals surface area contributed by atoms with Gasteiger partial charge < -0.3 is 5.32 Å². The summed E-state index contributed by atoms with van der Waals surface area (Å²) in [6.45, 7) is 5.26. The minimum Gasteiger partial charge on any atom is -0.380 e. The van der Waals surface area contributed by atoms with Crippen LogP contribution in [0.25, 0.3) is 0 Å². The zero-order valence-corrected chi connectivity index (χ0v) is 10.6. The van der Waals surface area contributed by atoms with E-state index in [1.807, 2.05) is 11.3 Å². The molecule has 84 valence electrons. The summed E-state index contributed by atoms with van der Waals surface area (Å²) in [7, 11) is 0. The molecule has 0 saturated heterocycles. The molecule has 0 aliphatic rings. The Bertz CT molecular complexity index is 459. The van der Waals surface area contributed by atoms with Gasteiger partial charge in [-0.2, -0.15) is 0 Å². The Labute approximate surface area is 101 Å². The van der Waals surface area contributed by atoms with E-state index in [4.69, 9.17) is 0 Å². The Balaban J connectivity index is 1.99. The number of thiophene rings is 1. The predicted octanol–water partition coefficient (Wildman–Crippen LogP) is 4.23. The molecule has 2 rings (SSSR count). The van der Waals surface area contributed by atoms with Crippen LogP contribution in [0.3, 0.4) is 0 Å². The summed E-state index contributed by atoms with van der Waals surface area (Å²) in [5, 5.41) is 3.48. The normalized spacial score (nSPS) is 10.4. The van der Waals surface area contributed by atoms with Gasteiger partial charge in [-0.05, 0) is 37.1 Å². The van der Waals surface area contributed by atoms with E-state index in [1.54, 1.807) is 0 Å². The van der Waals surface area contributed by atoms with Crippen molar-refractivity contribution in [1.29, 1.82) is 0 Å². The molecule has 16 heavy (non-hydrogen) atoms. The average molecular weight is 231 g/mol. The number of nitrogens with one attached hydrogen (secondary N) is 1. The summed E-state index contributed by atoms with van der Waals surface area (Å²) in [6, 6.07) is 12.8. The maximum atomic E-state index is 3.48. The van der Waals surface area contributed by atoms with Crippen LogP contribution in [0.2, 0.25) is 0 Å². The molecular weight excluding hydrogens is 214 g/mol. The summed E-state index contributed by atoms with van der Waals surface area (Å²) < 4.78 is 0. The molecule has 0 aliphatic heterocycles. The molecule has 0 bridgehead atoms. The monoisotopic (exact) mass is 231 g/mol. The largest absolute Gasteiger partial charge is 0.380 e. The highest BCUT2D eigenvalue weighted by molar-refractivity contribution is 7.12. The molecule has 1 aromatic carbocycles. The fraction of sp³-hybridized carbons (Fsp3) is 0.286. The maximum Gasteiger partial charge on any atom is 0.0494 e. The van der Waals surface area contributed by atoms with E-state index >= 15 is 0 Å². The minimum atomic E-state index is 0.926. The first-order valence-corrected chi connectivity index (χ1v) is 6.48. The van der Waals surface area contributed by atoms with Crippen LogP contribution in [-0.4, -0.2) is 0 Å². The second-order valence-electron chi connectivity index (χ2n) is 3.89. The van der Waals surface area contributed by atoms with Crippen LogP contribution in [0.15, 0.2) is 36.4 Å². The molecular formula is C14H17NS. The molecule has 1 N–H and O–H groups in total. The smallest absolute Gasteiger partial charge is 0.0494 e. The standard InChI is InChI=1S/C14H17NS/c1-3-12-8-9-13(16-12)10-15-14-7-5-4-6-11(14)2/h4-9,15H,3,10H2,1-2H3. The van der Waals surface area contributed by atoms with Crippen molar-refractivity contribution in [3.8, 4) is 0 Å². The summed E-state index contributed by atoms with van der Waals surface area (Å²) >= 11 is 1.90. The van der Waals surface area contributed by atoms with Gasteiger partial charge in [0.15, 0.2) is 0 Å². The van der Waals surface area contributed by atoms with Gasteiger partial charge in [0, 0.05) is 22.0 Å². The third-order valence-electron chi connectivity index (χ3n) is 2.66. The topological polar surface area (TPSA) is 12.0 Å². The van der Waals surface area contributed by atoms with Crippen LogP contribution in [0.5, 0.6) is 0 Å². The predicted molar refractivity (Wildman–Crippen MR) is 72.2 cm³/mol. The molecule has 1 aromatic heterocycles. The van der Waals surface area contributed by atoms with Gasteiger partial charge in [0.05, 0.1) is 0 Å². The van der Waals surface area contributed by atoms with E-state index in [0.717, 1.165) is 13.0 Å². The number of rotatable bonds is 4. The van der Waals surface area contributed by atoms with Crippen LogP contribution < -0.4 is 5.32 Å². The summed E-state index contributed by atoms with van der Waals surface area (Å²) in [4.78, 5) is 2.86. The molecule has 1 nitrogen and oxygen atoms in total. The number of hydrogen-bond acceptors (Lipinski definition) is 2. The number of anilines is 1. The molecule has 0 aliphatic carbocycles. The molecule has 0 spiro atoms. The molecule has 0 fully saturated rings. The molecule has 1 heterocycles. The number of hydrogen-bond donors (Lipinski definition) is 1. The molecule has 0 saturated carbocycles. The van der Waals surface area contributed by atoms with Crippen LogP contribution >= 0.6 is 11.3 Å². The Morgan fingerprint density at radius 1 is 1.06 bits per heavy atom. The first-order valence-electron chi connectivity index (χ1n) is 5.66. The highest BCUT2D eigenvalue weighted by atomic mass is 32.1. The summed E-state index contributed by atoms with van der Waals surface area (Å²) in [6.07, 6.45) is 1.13. The molecule has 0 unspecified atom stereocenters. The van der Waals surface area contributed by atoms with Crippen LogP contribution in [0, 0.1) is 6.92 Å². The van der Waals surface area contributed by atoms with Crippen LogP contribution in [-0.2, 0) is 13.0 Å². The number of benzene rings is 1. The average Bonchev–Trinajstić information content (AvgIpc) is 2.76. The highest BCUT2D eigenvalue weighted by Gasteiger charge is 1.99. The third-order valence-corrected chi connectivity index (χ3v) is 3.89. The molecule has 2 heteroatoms. The van der Waals surface area contributed by atoms with E-state index in [0.29, 0.717) is 0 Å². The van der Waals surface area contributed by atoms with Crippen molar-refractivity contribution in [3.05, 3.63) is 51.7 Å². The van der Waals surface area contributed by atoms with Crippen LogP contribution in [0.4, 0.5) is 5.69 Å². The fourth-order valence-electron chi connectivity index (χ4n) is 1.66. The second kappa shape index (κ2) is 5.17. The highest BCUT2D eigenvalue weighted by Crippen LogP contribution is 2.19. The van der Waals surface area contributed by atoms with Gasteiger partial charge in [0.1, 0.15) is 0 Å². The van der Waals surface area contributed by atoms with E-state index in [1.165, 1.54) is 21.0 Å². The third kappa shape index (κ3) is 2.64. The van der Waals surface area contributed by atoms with Crippen molar-refractivity contribution in [2.24, 2.45) is 0 Å². The van der Waals surface area contributed by atoms with Gasteiger partial charge in [0.25, 0.3) is 0 Å². The van der Waals surface area contributed by atoms with E-state index in [2.05, 4.69) is 55.6 Å². The SMILES string of the molecule is CCc1ccc(CNc2ccccc2C)s1. The van der Waals surface area contributed by atoms with Gasteiger partial charge in [-0.1, -0.05) is 25.1 Å². The van der Waals surface area contributed by atoms with Gasteiger partial charge in [-0.25, -0.2) is 0 Å². The number of aryl methyl sites for hydroxylation is 2. The van der Waals surface area contributed by atoms with Crippen molar-refractivity contribution in [3.63, 3.8) is 0 Å². The molecule has 0 amide bonds. The Morgan fingerprint density at radius 2 is 1.81 bits per heavy atom. The van der Waals surface area contributed by atoms with Crippen molar-refractivity contribution >= 4 is 17.0 Å². The second-order valence-corrected chi connectivity index (χ2v) is 5.14. The molecule has 2 aromatic rings. The summed E-state index contributed by atoms with van der Waals surface area (Å²) in [5.74, 6) is 0. The first kappa shape index (κ1) is 11.2. The zero-order valence-electron chi connectivity index (χ0n) is 9.79. The van der Waals surface area contributed by atoms with E-state index in [-0.39, 0.29) is 0 Å². The van der Waals surface area contributed by atoms with Gasteiger partial charge in [-0.15, -0.1) is 11.3 Å². The van der Waals surface area contributed by atoms with E-state index in [9.17, 15) is 0 Å². The Morgan fingerprint density at radius 3 is 2.50 bits per heavy atom. The van der Waals surface area contributed by atoms with Gasteiger partial charge in [-0.3, -0.25) is 0 Å². The van der Waals surface area contributed by atoms with Gasteiger partial charge in [0.2, 0.25) is 0 Å². The Hall–Kier alpha value is -1.28. The van der Waals surface area contributed by atoms with Crippen molar-refractivity contribution in [2.75, 3.05) is 5.32 Å². The lowest BCUT2D eigenvalue weighted by molar-refractivity contribution is 1.18. The van der Waals surface area contributed by atoms with Crippen LogP contribution in [0.1, 0.15) is 22.2 Å². The van der Waals surface area contributed by atoms with E-state index < -0.39 is 0 Å². The molecule has 0 radical (unpaired) electrons.